The SMILES string of the molecule is O=C(CN1CCN2CCCC2C1)Nc1ccc(Cl)cn1. The van der Waals surface area contributed by atoms with Crippen molar-refractivity contribution in [1.29, 1.82) is 0 Å². The smallest absolute Gasteiger partial charge is 0.239 e. The molecule has 2 saturated heterocycles. The second-order valence-electron chi connectivity index (χ2n) is 5.48. The van der Waals surface area contributed by atoms with Crippen LogP contribution in [0.1, 0.15) is 12.8 Å². The molecule has 2 fully saturated rings. The van der Waals surface area contributed by atoms with Gasteiger partial charge in [-0.1, -0.05) is 11.6 Å². The molecule has 1 N–H and O–H groups in total. The summed E-state index contributed by atoms with van der Waals surface area (Å²) < 4.78 is 0. The molecule has 3 heterocycles. The van der Waals surface area contributed by atoms with E-state index in [9.17, 15) is 4.79 Å². The molecule has 0 saturated carbocycles. The number of carbonyl (C=O) groups is 1. The first kappa shape index (κ1) is 13.8. The Balaban J connectivity index is 1.50. The van der Waals surface area contributed by atoms with Gasteiger partial charge < -0.3 is 5.32 Å². The number of halogens is 1. The van der Waals surface area contributed by atoms with E-state index in [1.54, 1.807) is 12.1 Å². The van der Waals surface area contributed by atoms with Crippen molar-refractivity contribution in [3.05, 3.63) is 23.4 Å². The van der Waals surface area contributed by atoms with E-state index < -0.39 is 0 Å². The molecule has 0 aromatic carbocycles. The van der Waals surface area contributed by atoms with E-state index in [1.807, 2.05) is 0 Å². The molecule has 0 bridgehead atoms. The second kappa shape index (κ2) is 6.08. The van der Waals surface area contributed by atoms with Crippen LogP contribution in [0.15, 0.2) is 18.3 Å². The van der Waals surface area contributed by atoms with E-state index in [2.05, 4.69) is 20.1 Å². The molecule has 2 aliphatic rings. The number of pyridine rings is 1. The summed E-state index contributed by atoms with van der Waals surface area (Å²) in [6.45, 7) is 4.71. The molecule has 1 amide bonds. The minimum absolute atomic E-state index is 0.00808. The fraction of sp³-hybridized carbons (Fsp3) is 0.571. The van der Waals surface area contributed by atoms with Crippen LogP contribution in [0.5, 0.6) is 0 Å². The molecule has 2 aliphatic heterocycles. The fourth-order valence-corrected chi connectivity index (χ4v) is 3.15. The van der Waals surface area contributed by atoms with Gasteiger partial charge in [-0.05, 0) is 31.5 Å². The number of hydrogen-bond donors (Lipinski definition) is 1. The lowest BCUT2D eigenvalue weighted by Gasteiger charge is -2.37. The van der Waals surface area contributed by atoms with Crippen molar-refractivity contribution in [2.45, 2.75) is 18.9 Å². The highest BCUT2D eigenvalue weighted by molar-refractivity contribution is 6.30. The van der Waals surface area contributed by atoms with Crippen LogP contribution in [0, 0.1) is 0 Å². The molecular formula is C14H19ClN4O. The van der Waals surface area contributed by atoms with Crippen LogP contribution in [0.4, 0.5) is 5.82 Å². The first-order valence-corrected chi connectivity index (χ1v) is 7.46. The Morgan fingerprint density at radius 1 is 1.40 bits per heavy atom. The van der Waals surface area contributed by atoms with Gasteiger partial charge in [-0.25, -0.2) is 4.98 Å². The van der Waals surface area contributed by atoms with Crippen LogP contribution in [-0.4, -0.2) is 59.5 Å². The summed E-state index contributed by atoms with van der Waals surface area (Å²) in [5.74, 6) is 0.546. The van der Waals surface area contributed by atoms with Gasteiger partial charge in [-0.3, -0.25) is 14.6 Å². The normalized spacial score (nSPS) is 23.6. The Labute approximate surface area is 123 Å². The number of rotatable bonds is 3. The quantitative estimate of drug-likeness (QED) is 0.917. The second-order valence-corrected chi connectivity index (χ2v) is 5.91. The minimum atomic E-state index is -0.00808. The number of piperazine rings is 1. The standard InChI is InChI=1S/C14H19ClN4O/c15-11-3-4-13(16-8-11)17-14(20)10-18-6-7-19-5-1-2-12(19)9-18/h3-4,8,12H,1-2,5-7,9-10H2,(H,16,17,20). The van der Waals surface area contributed by atoms with Gasteiger partial charge >= 0.3 is 0 Å². The number of anilines is 1. The van der Waals surface area contributed by atoms with E-state index in [1.165, 1.54) is 25.6 Å². The molecular weight excluding hydrogens is 276 g/mol. The first-order chi connectivity index (χ1) is 9.70. The molecule has 1 atom stereocenters. The number of hydrogen-bond acceptors (Lipinski definition) is 4. The lowest BCUT2D eigenvalue weighted by molar-refractivity contribution is -0.117. The van der Waals surface area contributed by atoms with Crippen LogP contribution < -0.4 is 5.32 Å². The third-order valence-corrected chi connectivity index (χ3v) is 4.26. The van der Waals surface area contributed by atoms with Gasteiger partial charge in [0.25, 0.3) is 0 Å². The molecule has 3 rings (SSSR count). The van der Waals surface area contributed by atoms with Gasteiger partial charge in [0.2, 0.25) is 5.91 Å². The summed E-state index contributed by atoms with van der Waals surface area (Å²) in [7, 11) is 0. The highest BCUT2D eigenvalue weighted by Gasteiger charge is 2.30. The maximum Gasteiger partial charge on any atom is 0.239 e. The van der Waals surface area contributed by atoms with Crippen LogP contribution in [-0.2, 0) is 4.79 Å². The predicted molar refractivity (Wildman–Crippen MR) is 78.9 cm³/mol. The number of nitrogens with zero attached hydrogens (tertiary/aromatic N) is 3. The highest BCUT2D eigenvalue weighted by atomic mass is 35.5. The Morgan fingerprint density at radius 3 is 3.10 bits per heavy atom. The van der Waals surface area contributed by atoms with Gasteiger partial charge in [-0.2, -0.15) is 0 Å². The molecule has 20 heavy (non-hydrogen) atoms. The van der Waals surface area contributed by atoms with Gasteiger partial charge in [0.15, 0.2) is 0 Å². The first-order valence-electron chi connectivity index (χ1n) is 7.08. The Bertz CT molecular complexity index is 479. The number of amides is 1. The van der Waals surface area contributed by atoms with Crippen molar-refractivity contribution in [1.82, 2.24) is 14.8 Å². The van der Waals surface area contributed by atoms with E-state index in [0.29, 0.717) is 23.4 Å². The average molecular weight is 295 g/mol. The average Bonchev–Trinajstić information content (AvgIpc) is 2.89. The maximum atomic E-state index is 12.0. The number of nitrogens with one attached hydrogen (secondary N) is 1. The molecule has 0 spiro atoms. The minimum Gasteiger partial charge on any atom is -0.310 e. The van der Waals surface area contributed by atoms with Gasteiger partial charge in [-0.15, -0.1) is 0 Å². The topological polar surface area (TPSA) is 48.5 Å². The summed E-state index contributed by atoms with van der Waals surface area (Å²) in [6, 6.07) is 4.08. The molecule has 6 heteroatoms. The van der Waals surface area contributed by atoms with E-state index in [4.69, 9.17) is 11.6 Å². The predicted octanol–water partition coefficient (Wildman–Crippen LogP) is 1.45. The summed E-state index contributed by atoms with van der Waals surface area (Å²) in [6.07, 6.45) is 4.09. The monoisotopic (exact) mass is 294 g/mol. The summed E-state index contributed by atoms with van der Waals surface area (Å²) in [4.78, 5) is 20.9. The lowest BCUT2D eigenvalue weighted by atomic mass is 10.1. The van der Waals surface area contributed by atoms with E-state index in [0.717, 1.165) is 19.6 Å². The molecule has 0 radical (unpaired) electrons. The number of carbonyl (C=O) groups excluding carboxylic acids is 1. The molecule has 1 unspecified atom stereocenters. The van der Waals surface area contributed by atoms with Crippen LogP contribution >= 0.6 is 11.6 Å². The molecule has 1 aromatic rings. The Morgan fingerprint density at radius 2 is 2.30 bits per heavy atom. The van der Waals surface area contributed by atoms with Crippen molar-refractivity contribution in [2.24, 2.45) is 0 Å². The zero-order chi connectivity index (χ0) is 13.9. The maximum absolute atomic E-state index is 12.0. The van der Waals surface area contributed by atoms with Crippen molar-refractivity contribution in [2.75, 3.05) is 38.0 Å². The van der Waals surface area contributed by atoms with Crippen LogP contribution in [0.2, 0.25) is 5.02 Å². The van der Waals surface area contributed by atoms with Crippen LogP contribution in [0.25, 0.3) is 0 Å². The van der Waals surface area contributed by atoms with Crippen molar-refractivity contribution < 1.29 is 4.79 Å². The van der Waals surface area contributed by atoms with Crippen molar-refractivity contribution in [3.63, 3.8) is 0 Å². The number of fused-ring (bicyclic) bond motifs is 1. The van der Waals surface area contributed by atoms with Gasteiger partial charge in [0.05, 0.1) is 11.6 Å². The largest absolute Gasteiger partial charge is 0.310 e. The Hall–Kier alpha value is -1.17. The summed E-state index contributed by atoms with van der Waals surface area (Å²) >= 11 is 5.77. The number of aromatic nitrogens is 1. The fourth-order valence-electron chi connectivity index (χ4n) is 3.03. The van der Waals surface area contributed by atoms with E-state index in [-0.39, 0.29) is 5.91 Å². The molecule has 108 valence electrons. The van der Waals surface area contributed by atoms with Gasteiger partial charge in [0, 0.05) is 31.9 Å². The van der Waals surface area contributed by atoms with Gasteiger partial charge in [0.1, 0.15) is 5.82 Å². The van der Waals surface area contributed by atoms with Crippen LogP contribution in [0.3, 0.4) is 0 Å². The molecule has 5 nitrogen and oxygen atoms in total. The summed E-state index contributed by atoms with van der Waals surface area (Å²) in [5.41, 5.74) is 0. The Kier molecular flexibility index (Phi) is 4.19. The zero-order valence-electron chi connectivity index (χ0n) is 11.4. The summed E-state index contributed by atoms with van der Waals surface area (Å²) in [5, 5.41) is 3.38. The third kappa shape index (κ3) is 3.29. The third-order valence-electron chi connectivity index (χ3n) is 4.03. The van der Waals surface area contributed by atoms with Crippen molar-refractivity contribution >= 4 is 23.3 Å². The van der Waals surface area contributed by atoms with E-state index >= 15 is 0 Å². The lowest BCUT2D eigenvalue weighted by Crippen LogP contribution is -2.51. The van der Waals surface area contributed by atoms with Crippen molar-refractivity contribution in [3.8, 4) is 0 Å². The highest BCUT2D eigenvalue weighted by Crippen LogP contribution is 2.21. The molecule has 1 aromatic heterocycles. The zero-order valence-corrected chi connectivity index (χ0v) is 12.1. The molecule has 0 aliphatic carbocycles.